The van der Waals surface area contributed by atoms with Crippen molar-refractivity contribution in [3.05, 3.63) is 21.2 Å². The molecule has 0 aliphatic heterocycles. The number of nitrogens with zero attached hydrogens (tertiary/aromatic N) is 1. The Bertz CT molecular complexity index is 378. The molecule has 5 heteroatoms. The van der Waals surface area contributed by atoms with Gasteiger partial charge in [-0.25, -0.2) is 4.98 Å². The second-order valence-electron chi connectivity index (χ2n) is 4.52. The number of nitrogens with two attached hydrogens (primary N) is 1. The second kappa shape index (κ2) is 6.16. The molecule has 0 bridgehead atoms. The van der Waals surface area contributed by atoms with Crippen LogP contribution >= 0.6 is 31.9 Å². The standard InChI is InChI=1S/C12H17Br2N3/c13-9-5-10(14)12(16-7-9)17-11(6-15)8-3-1-2-4-8/h5,7-8,11H,1-4,6,15H2,(H,16,17). The number of rotatable bonds is 4. The topological polar surface area (TPSA) is 50.9 Å². The van der Waals surface area contributed by atoms with Gasteiger partial charge in [0, 0.05) is 23.3 Å². The van der Waals surface area contributed by atoms with Crippen molar-refractivity contribution in [3.8, 4) is 0 Å². The van der Waals surface area contributed by atoms with Crippen LogP contribution in [0.3, 0.4) is 0 Å². The van der Waals surface area contributed by atoms with E-state index in [2.05, 4.69) is 42.2 Å². The van der Waals surface area contributed by atoms with Crippen molar-refractivity contribution < 1.29 is 0 Å². The Hall–Kier alpha value is -0.130. The number of hydrogen-bond acceptors (Lipinski definition) is 3. The van der Waals surface area contributed by atoms with Gasteiger partial charge in [0.05, 0.1) is 4.47 Å². The fraction of sp³-hybridized carbons (Fsp3) is 0.583. The predicted molar refractivity (Wildman–Crippen MR) is 78.1 cm³/mol. The third-order valence-electron chi connectivity index (χ3n) is 3.35. The van der Waals surface area contributed by atoms with Gasteiger partial charge in [0.25, 0.3) is 0 Å². The smallest absolute Gasteiger partial charge is 0.140 e. The van der Waals surface area contributed by atoms with Crippen LogP contribution in [0.4, 0.5) is 5.82 Å². The maximum Gasteiger partial charge on any atom is 0.140 e. The zero-order valence-electron chi connectivity index (χ0n) is 9.63. The molecule has 0 saturated heterocycles. The van der Waals surface area contributed by atoms with E-state index in [1.54, 1.807) is 6.20 Å². The average molecular weight is 363 g/mol. The summed E-state index contributed by atoms with van der Waals surface area (Å²) in [6.07, 6.45) is 7.02. The molecule has 3 N–H and O–H groups in total. The second-order valence-corrected chi connectivity index (χ2v) is 6.29. The first kappa shape index (κ1) is 13.3. The van der Waals surface area contributed by atoms with Gasteiger partial charge in [-0.3, -0.25) is 0 Å². The molecular formula is C12H17Br2N3. The van der Waals surface area contributed by atoms with Crippen molar-refractivity contribution in [1.29, 1.82) is 0 Å². The minimum atomic E-state index is 0.336. The first-order valence-electron chi connectivity index (χ1n) is 5.98. The van der Waals surface area contributed by atoms with E-state index in [1.165, 1.54) is 25.7 Å². The molecule has 2 rings (SSSR count). The van der Waals surface area contributed by atoms with Crippen LogP contribution in [0.1, 0.15) is 25.7 Å². The van der Waals surface area contributed by atoms with Crippen LogP contribution in [0.2, 0.25) is 0 Å². The van der Waals surface area contributed by atoms with E-state index in [0.29, 0.717) is 18.5 Å². The summed E-state index contributed by atoms with van der Waals surface area (Å²) in [4.78, 5) is 4.38. The van der Waals surface area contributed by atoms with Gasteiger partial charge >= 0.3 is 0 Å². The van der Waals surface area contributed by atoms with Crippen LogP contribution in [-0.4, -0.2) is 17.6 Å². The van der Waals surface area contributed by atoms with Gasteiger partial charge in [-0.1, -0.05) is 12.8 Å². The van der Waals surface area contributed by atoms with Crippen molar-refractivity contribution in [2.24, 2.45) is 11.7 Å². The van der Waals surface area contributed by atoms with Crippen LogP contribution in [0.5, 0.6) is 0 Å². The molecule has 1 aliphatic carbocycles. The predicted octanol–water partition coefficient (Wildman–Crippen LogP) is 3.54. The molecule has 1 aromatic rings. The number of pyridine rings is 1. The van der Waals surface area contributed by atoms with Crippen LogP contribution < -0.4 is 11.1 Å². The molecule has 94 valence electrons. The summed E-state index contributed by atoms with van der Waals surface area (Å²) in [6.45, 7) is 0.662. The molecule has 0 spiro atoms. The zero-order valence-corrected chi connectivity index (χ0v) is 12.8. The highest BCUT2D eigenvalue weighted by Gasteiger charge is 2.24. The Morgan fingerprint density at radius 3 is 2.71 bits per heavy atom. The summed E-state index contributed by atoms with van der Waals surface area (Å²) in [5.74, 6) is 1.58. The Morgan fingerprint density at radius 2 is 2.12 bits per heavy atom. The molecule has 1 aromatic heterocycles. The molecule has 0 aromatic carbocycles. The van der Waals surface area contributed by atoms with Crippen LogP contribution in [0.15, 0.2) is 21.2 Å². The van der Waals surface area contributed by atoms with Gasteiger partial charge in [0.15, 0.2) is 0 Å². The largest absolute Gasteiger partial charge is 0.365 e. The Labute approximate surface area is 119 Å². The lowest BCUT2D eigenvalue weighted by Crippen LogP contribution is -2.35. The highest BCUT2D eigenvalue weighted by Crippen LogP contribution is 2.30. The van der Waals surface area contributed by atoms with Gasteiger partial charge in [-0.15, -0.1) is 0 Å². The molecule has 0 radical (unpaired) electrons. The number of hydrogen-bond donors (Lipinski definition) is 2. The molecule has 0 amide bonds. The quantitative estimate of drug-likeness (QED) is 0.861. The maximum atomic E-state index is 5.87. The normalized spacial score (nSPS) is 18.3. The van der Waals surface area contributed by atoms with Gasteiger partial charge < -0.3 is 11.1 Å². The van der Waals surface area contributed by atoms with Gasteiger partial charge in [0.1, 0.15) is 5.82 Å². The zero-order chi connectivity index (χ0) is 12.3. The fourth-order valence-electron chi connectivity index (χ4n) is 2.43. The fourth-order valence-corrected chi connectivity index (χ4v) is 3.53. The highest BCUT2D eigenvalue weighted by molar-refractivity contribution is 9.11. The molecule has 1 atom stereocenters. The van der Waals surface area contributed by atoms with E-state index in [9.17, 15) is 0 Å². The summed E-state index contributed by atoms with van der Waals surface area (Å²) >= 11 is 6.92. The van der Waals surface area contributed by atoms with E-state index >= 15 is 0 Å². The van der Waals surface area contributed by atoms with Crippen LogP contribution in [0, 0.1) is 5.92 Å². The number of anilines is 1. The molecule has 1 saturated carbocycles. The van der Waals surface area contributed by atoms with Gasteiger partial charge in [-0.2, -0.15) is 0 Å². The van der Waals surface area contributed by atoms with Gasteiger partial charge in [-0.05, 0) is 56.7 Å². The molecular weight excluding hydrogens is 346 g/mol. The molecule has 17 heavy (non-hydrogen) atoms. The third-order valence-corrected chi connectivity index (χ3v) is 4.39. The first-order valence-corrected chi connectivity index (χ1v) is 7.57. The third kappa shape index (κ3) is 3.42. The minimum absolute atomic E-state index is 0.336. The number of halogens is 2. The van der Waals surface area contributed by atoms with E-state index in [-0.39, 0.29) is 0 Å². The maximum absolute atomic E-state index is 5.87. The monoisotopic (exact) mass is 361 g/mol. The first-order chi connectivity index (χ1) is 8.20. The van der Waals surface area contributed by atoms with Crippen molar-refractivity contribution in [3.63, 3.8) is 0 Å². The lowest BCUT2D eigenvalue weighted by Gasteiger charge is -2.24. The number of nitrogens with one attached hydrogen (secondary N) is 1. The average Bonchev–Trinajstić information content (AvgIpc) is 2.81. The van der Waals surface area contributed by atoms with Crippen LogP contribution in [0.25, 0.3) is 0 Å². The molecule has 3 nitrogen and oxygen atoms in total. The van der Waals surface area contributed by atoms with Crippen molar-refractivity contribution in [2.75, 3.05) is 11.9 Å². The summed E-state index contributed by atoms with van der Waals surface area (Å²) in [5, 5.41) is 3.46. The molecule has 1 fully saturated rings. The molecule has 1 heterocycles. The van der Waals surface area contributed by atoms with Crippen LogP contribution in [-0.2, 0) is 0 Å². The highest BCUT2D eigenvalue weighted by atomic mass is 79.9. The summed E-state index contributed by atoms with van der Waals surface area (Å²) in [6, 6.07) is 2.33. The van der Waals surface area contributed by atoms with E-state index in [1.807, 2.05) is 6.07 Å². The Kier molecular flexibility index (Phi) is 4.82. The lowest BCUT2D eigenvalue weighted by molar-refractivity contribution is 0.461. The van der Waals surface area contributed by atoms with Crippen molar-refractivity contribution >= 4 is 37.7 Å². The lowest BCUT2D eigenvalue weighted by atomic mass is 9.98. The van der Waals surface area contributed by atoms with E-state index in [0.717, 1.165) is 14.8 Å². The van der Waals surface area contributed by atoms with Gasteiger partial charge in [0.2, 0.25) is 0 Å². The Morgan fingerprint density at radius 1 is 1.41 bits per heavy atom. The molecule has 1 aliphatic rings. The molecule has 1 unspecified atom stereocenters. The van der Waals surface area contributed by atoms with E-state index < -0.39 is 0 Å². The SMILES string of the molecule is NCC(Nc1ncc(Br)cc1Br)C1CCCC1. The summed E-state index contributed by atoms with van der Waals surface area (Å²) in [5.41, 5.74) is 5.87. The summed E-state index contributed by atoms with van der Waals surface area (Å²) < 4.78 is 1.95. The summed E-state index contributed by atoms with van der Waals surface area (Å²) in [7, 11) is 0. The Balaban J connectivity index is 2.06. The minimum Gasteiger partial charge on any atom is -0.365 e. The number of aromatic nitrogens is 1. The van der Waals surface area contributed by atoms with Crippen molar-refractivity contribution in [2.45, 2.75) is 31.7 Å². The van der Waals surface area contributed by atoms with Crippen molar-refractivity contribution in [1.82, 2.24) is 4.98 Å². The van der Waals surface area contributed by atoms with E-state index in [4.69, 9.17) is 5.73 Å².